The van der Waals surface area contributed by atoms with Gasteiger partial charge in [-0.25, -0.2) is 4.68 Å². The molecule has 0 fully saturated rings. The predicted molar refractivity (Wildman–Crippen MR) is 155 cm³/mol. The second kappa shape index (κ2) is 11.4. The first-order valence-corrected chi connectivity index (χ1v) is 13.5. The number of benzene rings is 2. The van der Waals surface area contributed by atoms with Crippen LogP contribution in [0.3, 0.4) is 0 Å². The molecule has 0 bridgehead atoms. The predicted octanol–water partition coefficient (Wildman–Crippen LogP) is 5.16. The average molecular weight is 538 g/mol. The highest BCUT2D eigenvalue weighted by Gasteiger charge is 2.34. The number of rotatable bonds is 10. The van der Waals surface area contributed by atoms with Gasteiger partial charge in [0.1, 0.15) is 11.8 Å². The van der Waals surface area contributed by atoms with Crippen molar-refractivity contribution in [2.45, 2.75) is 58.8 Å². The number of nitrogens with one attached hydrogen (secondary N) is 1. The summed E-state index contributed by atoms with van der Waals surface area (Å²) in [6.45, 7) is 9.39. The number of tetrazole rings is 1. The van der Waals surface area contributed by atoms with Crippen LogP contribution in [0.5, 0.6) is 5.75 Å². The first-order chi connectivity index (χ1) is 19.3. The van der Waals surface area contributed by atoms with Gasteiger partial charge in [-0.1, -0.05) is 37.3 Å². The summed E-state index contributed by atoms with van der Waals surface area (Å²) in [5, 5.41) is 14.0. The van der Waals surface area contributed by atoms with Crippen LogP contribution in [0.15, 0.2) is 77.9 Å². The number of methoxy groups -OCH3 is 1. The van der Waals surface area contributed by atoms with Crippen LogP contribution in [-0.4, -0.2) is 42.2 Å². The number of aryl methyl sites for hydroxylation is 1. The molecule has 0 radical (unpaired) electrons. The van der Waals surface area contributed by atoms with Gasteiger partial charge >= 0.3 is 0 Å². The van der Waals surface area contributed by atoms with Crippen molar-refractivity contribution in [1.82, 2.24) is 35.1 Å². The topological polar surface area (TPSA) is 102 Å². The fourth-order valence-electron chi connectivity index (χ4n) is 4.91. The first-order valence-electron chi connectivity index (χ1n) is 13.5. The van der Waals surface area contributed by atoms with E-state index in [-0.39, 0.29) is 11.1 Å². The number of aromatic amines is 1. The first kappa shape index (κ1) is 27.2. The lowest BCUT2D eigenvalue weighted by Crippen LogP contribution is -2.38. The smallest absolute Gasteiger partial charge is 0.253 e. The maximum Gasteiger partial charge on any atom is 0.253 e. The van der Waals surface area contributed by atoms with E-state index >= 15 is 0 Å². The van der Waals surface area contributed by atoms with Gasteiger partial charge in [0.05, 0.1) is 12.6 Å². The van der Waals surface area contributed by atoms with Gasteiger partial charge in [-0.2, -0.15) is 0 Å². The molecule has 0 aliphatic carbocycles. The minimum Gasteiger partial charge on any atom is -0.497 e. The molecule has 0 aliphatic rings. The highest BCUT2D eigenvalue weighted by molar-refractivity contribution is 5.79. The van der Waals surface area contributed by atoms with E-state index in [0.29, 0.717) is 24.5 Å². The largest absolute Gasteiger partial charge is 0.497 e. The van der Waals surface area contributed by atoms with Crippen LogP contribution in [0.1, 0.15) is 61.3 Å². The zero-order valence-electron chi connectivity index (χ0n) is 23.6. The zero-order chi connectivity index (χ0) is 28.3. The second-order valence-electron chi connectivity index (χ2n) is 10.8. The molecule has 206 valence electrons. The highest BCUT2D eigenvalue weighted by atomic mass is 16.5. The SMILES string of the molecule is CCC(C)(C)n1nnnc1[C@H](c1cc2ccc(C)cc2[nH]c1=O)N(Cc1ccc(OC)cc1)Cc1cccnc1. The van der Waals surface area contributed by atoms with Crippen molar-refractivity contribution >= 4 is 10.9 Å². The summed E-state index contributed by atoms with van der Waals surface area (Å²) in [5.74, 6) is 1.40. The van der Waals surface area contributed by atoms with Crippen LogP contribution < -0.4 is 10.3 Å². The minimum atomic E-state index is -0.544. The van der Waals surface area contributed by atoms with Crippen LogP contribution in [0, 0.1) is 6.92 Å². The van der Waals surface area contributed by atoms with Crippen molar-refractivity contribution in [3.8, 4) is 5.75 Å². The van der Waals surface area contributed by atoms with E-state index < -0.39 is 6.04 Å². The Morgan fingerprint density at radius 3 is 2.52 bits per heavy atom. The zero-order valence-corrected chi connectivity index (χ0v) is 23.6. The third-order valence-electron chi connectivity index (χ3n) is 7.52. The molecule has 0 spiro atoms. The van der Waals surface area contributed by atoms with Crippen molar-refractivity contribution in [3.05, 3.63) is 111 Å². The average Bonchev–Trinajstić information content (AvgIpc) is 3.45. The van der Waals surface area contributed by atoms with E-state index in [9.17, 15) is 4.79 Å². The second-order valence-corrected chi connectivity index (χ2v) is 10.8. The fraction of sp³-hybridized carbons (Fsp3) is 0.323. The lowest BCUT2D eigenvalue weighted by Gasteiger charge is -2.33. The maximum atomic E-state index is 13.8. The van der Waals surface area contributed by atoms with Crippen LogP contribution in [-0.2, 0) is 18.6 Å². The van der Waals surface area contributed by atoms with E-state index in [4.69, 9.17) is 4.74 Å². The quantitative estimate of drug-likeness (QED) is 0.262. The normalized spacial score (nSPS) is 12.7. The molecule has 1 N–H and O–H groups in total. The fourth-order valence-corrected chi connectivity index (χ4v) is 4.91. The van der Waals surface area contributed by atoms with Crippen molar-refractivity contribution in [2.24, 2.45) is 0 Å². The number of pyridine rings is 2. The molecule has 1 atom stereocenters. The van der Waals surface area contributed by atoms with Crippen LogP contribution in [0.25, 0.3) is 10.9 Å². The summed E-state index contributed by atoms with van der Waals surface area (Å²) >= 11 is 0. The highest BCUT2D eigenvalue weighted by Crippen LogP contribution is 2.33. The van der Waals surface area contributed by atoms with Gasteiger partial charge in [-0.3, -0.25) is 14.7 Å². The standard InChI is InChI=1S/C31H35N7O2/c1-6-31(3,4)38-29(34-35-36-38)28(26-17-24-12-9-21(2)16-27(24)33-30(26)39)37(20-23-8-7-15-32-18-23)19-22-10-13-25(40-5)14-11-22/h7-18,28H,6,19-20H2,1-5H3,(H,33,39)/t28-/m0/s1. The molecule has 0 unspecified atom stereocenters. The Labute approximate surface area is 233 Å². The Morgan fingerprint density at radius 2 is 1.82 bits per heavy atom. The Morgan fingerprint density at radius 1 is 1.05 bits per heavy atom. The molecule has 0 amide bonds. The van der Waals surface area contributed by atoms with E-state index in [1.165, 1.54) is 0 Å². The van der Waals surface area contributed by atoms with Gasteiger partial charge in [0.2, 0.25) is 0 Å². The minimum absolute atomic E-state index is 0.169. The Bertz CT molecular complexity index is 1640. The molecule has 9 heteroatoms. The summed E-state index contributed by atoms with van der Waals surface area (Å²) < 4.78 is 7.24. The summed E-state index contributed by atoms with van der Waals surface area (Å²) in [5.41, 5.74) is 4.01. The number of nitrogens with zero attached hydrogens (tertiary/aromatic N) is 6. The van der Waals surface area contributed by atoms with E-state index in [1.54, 1.807) is 13.3 Å². The summed E-state index contributed by atoms with van der Waals surface area (Å²) in [4.78, 5) is 23.5. The molecule has 5 aromatic rings. The molecular weight excluding hydrogens is 502 g/mol. The number of aromatic nitrogens is 6. The van der Waals surface area contributed by atoms with Crippen molar-refractivity contribution in [1.29, 1.82) is 0 Å². The van der Waals surface area contributed by atoms with E-state index in [0.717, 1.165) is 39.8 Å². The summed E-state index contributed by atoms with van der Waals surface area (Å²) in [6.07, 6.45) is 4.42. The molecule has 40 heavy (non-hydrogen) atoms. The lowest BCUT2D eigenvalue weighted by molar-refractivity contribution is 0.180. The van der Waals surface area contributed by atoms with E-state index in [1.807, 2.05) is 72.4 Å². The molecule has 3 aromatic heterocycles. The molecule has 3 heterocycles. The monoisotopic (exact) mass is 537 g/mol. The number of fused-ring (bicyclic) bond motifs is 1. The molecule has 0 saturated carbocycles. The van der Waals surface area contributed by atoms with Crippen molar-refractivity contribution < 1.29 is 4.74 Å². The van der Waals surface area contributed by atoms with Gasteiger partial charge in [-0.05, 0) is 90.0 Å². The molecular formula is C31H35N7O2. The Kier molecular flexibility index (Phi) is 7.75. The van der Waals surface area contributed by atoms with Crippen LogP contribution in [0.2, 0.25) is 0 Å². The Hall–Kier alpha value is -4.37. The van der Waals surface area contributed by atoms with E-state index in [2.05, 4.69) is 57.2 Å². The number of H-pyrrole nitrogens is 1. The summed E-state index contributed by atoms with van der Waals surface area (Å²) in [7, 11) is 1.66. The van der Waals surface area contributed by atoms with Gasteiger partial charge in [0.25, 0.3) is 5.56 Å². The number of hydrogen-bond donors (Lipinski definition) is 1. The van der Waals surface area contributed by atoms with Gasteiger partial charge < -0.3 is 9.72 Å². The van der Waals surface area contributed by atoms with Crippen molar-refractivity contribution in [2.75, 3.05) is 7.11 Å². The Balaban J connectivity index is 1.72. The van der Waals surface area contributed by atoms with Gasteiger partial charge in [0, 0.05) is 36.6 Å². The molecule has 0 saturated heterocycles. The van der Waals surface area contributed by atoms with Crippen molar-refractivity contribution in [3.63, 3.8) is 0 Å². The van der Waals surface area contributed by atoms with Crippen LogP contribution >= 0.6 is 0 Å². The van der Waals surface area contributed by atoms with Gasteiger partial charge in [0.15, 0.2) is 5.82 Å². The van der Waals surface area contributed by atoms with Gasteiger partial charge in [-0.15, -0.1) is 5.10 Å². The molecule has 5 rings (SSSR count). The van der Waals surface area contributed by atoms with Crippen LogP contribution in [0.4, 0.5) is 0 Å². The summed E-state index contributed by atoms with van der Waals surface area (Å²) in [6, 6.07) is 19.4. The third kappa shape index (κ3) is 5.65. The molecule has 0 aliphatic heterocycles. The number of ether oxygens (including phenoxy) is 1. The lowest BCUT2D eigenvalue weighted by atomic mass is 9.98. The molecule has 2 aromatic carbocycles. The number of hydrogen-bond acceptors (Lipinski definition) is 7. The maximum absolute atomic E-state index is 13.8. The molecule has 9 nitrogen and oxygen atoms in total. The third-order valence-corrected chi connectivity index (χ3v) is 7.52.